The zero-order valence-corrected chi connectivity index (χ0v) is 12.3. The molecule has 0 aliphatic rings. The van der Waals surface area contributed by atoms with Gasteiger partial charge in [-0.1, -0.05) is 74.0 Å². The maximum atomic E-state index is 6.42. The molecule has 2 rings (SSSR count). The van der Waals surface area contributed by atoms with Gasteiger partial charge in [-0.15, -0.1) is 0 Å². The van der Waals surface area contributed by atoms with Gasteiger partial charge in [0, 0.05) is 6.04 Å². The lowest BCUT2D eigenvalue weighted by atomic mass is 9.85. The molecule has 0 spiro atoms. The first-order valence-corrected chi connectivity index (χ1v) is 7.63. The van der Waals surface area contributed by atoms with Crippen molar-refractivity contribution in [1.29, 1.82) is 0 Å². The molecule has 0 bridgehead atoms. The van der Waals surface area contributed by atoms with E-state index in [9.17, 15) is 0 Å². The van der Waals surface area contributed by atoms with Crippen LogP contribution in [0.15, 0.2) is 60.7 Å². The van der Waals surface area contributed by atoms with Crippen molar-refractivity contribution in [3.05, 3.63) is 71.8 Å². The van der Waals surface area contributed by atoms with Crippen molar-refractivity contribution in [3.8, 4) is 0 Å². The average molecular weight is 267 g/mol. The van der Waals surface area contributed by atoms with E-state index in [0.29, 0.717) is 5.92 Å². The zero-order chi connectivity index (χ0) is 14.2. The quantitative estimate of drug-likeness (QED) is 0.798. The van der Waals surface area contributed by atoms with Gasteiger partial charge >= 0.3 is 0 Å². The van der Waals surface area contributed by atoms with Crippen LogP contribution in [-0.4, -0.2) is 6.04 Å². The molecule has 0 aromatic heterocycles. The SMILES string of the molecule is CCCC(N)C(Cc1ccccc1)Cc1ccccc1. The smallest absolute Gasteiger partial charge is 0.00734 e. The Hall–Kier alpha value is -1.60. The van der Waals surface area contributed by atoms with Crippen molar-refractivity contribution in [1.82, 2.24) is 0 Å². The summed E-state index contributed by atoms with van der Waals surface area (Å²) in [5.41, 5.74) is 9.20. The molecule has 0 amide bonds. The van der Waals surface area contributed by atoms with E-state index in [1.807, 2.05) is 0 Å². The lowest BCUT2D eigenvalue weighted by Crippen LogP contribution is -2.33. The second-order valence-corrected chi connectivity index (χ2v) is 5.59. The molecule has 0 aliphatic carbocycles. The number of benzene rings is 2. The second kappa shape index (κ2) is 7.86. The fourth-order valence-corrected chi connectivity index (χ4v) is 2.78. The molecule has 2 N–H and O–H groups in total. The Kier molecular flexibility index (Phi) is 5.82. The number of rotatable bonds is 7. The summed E-state index contributed by atoms with van der Waals surface area (Å²) in [6, 6.07) is 21.7. The van der Waals surface area contributed by atoms with Crippen molar-refractivity contribution in [3.63, 3.8) is 0 Å². The average Bonchev–Trinajstić information content (AvgIpc) is 2.49. The summed E-state index contributed by atoms with van der Waals surface area (Å²) in [6.45, 7) is 2.21. The molecule has 0 radical (unpaired) electrons. The van der Waals surface area contributed by atoms with Crippen molar-refractivity contribution in [2.75, 3.05) is 0 Å². The summed E-state index contributed by atoms with van der Waals surface area (Å²) >= 11 is 0. The lowest BCUT2D eigenvalue weighted by Gasteiger charge is -2.24. The highest BCUT2D eigenvalue weighted by Gasteiger charge is 2.18. The first-order valence-electron chi connectivity index (χ1n) is 7.63. The minimum atomic E-state index is 0.278. The predicted molar refractivity (Wildman–Crippen MR) is 86.7 cm³/mol. The van der Waals surface area contributed by atoms with Gasteiger partial charge in [0.25, 0.3) is 0 Å². The van der Waals surface area contributed by atoms with Gasteiger partial charge in [0.1, 0.15) is 0 Å². The van der Waals surface area contributed by atoms with Gasteiger partial charge in [-0.05, 0) is 36.3 Å². The zero-order valence-electron chi connectivity index (χ0n) is 12.3. The van der Waals surface area contributed by atoms with Gasteiger partial charge in [-0.25, -0.2) is 0 Å². The molecular weight excluding hydrogens is 242 g/mol. The maximum absolute atomic E-state index is 6.42. The Morgan fingerprint density at radius 2 is 1.25 bits per heavy atom. The molecule has 1 atom stereocenters. The second-order valence-electron chi connectivity index (χ2n) is 5.59. The molecule has 0 aliphatic heterocycles. The van der Waals surface area contributed by atoms with E-state index in [2.05, 4.69) is 67.6 Å². The van der Waals surface area contributed by atoms with Gasteiger partial charge in [0.15, 0.2) is 0 Å². The van der Waals surface area contributed by atoms with Crippen molar-refractivity contribution in [2.24, 2.45) is 11.7 Å². The van der Waals surface area contributed by atoms with E-state index in [1.54, 1.807) is 0 Å². The molecule has 0 saturated carbocycles. The maximum Gasteiger partial charge on any atom is 0.00734 e. The van der Waals surface area contributed by atoms with Crippen molar-refractivity contribution in [2.45, 2.75) is 38.6 Å². The van der Waals surface area contributed by atoms with Crippen LogP contribution < -0.4 is 5.73 Å². The fraction of sp³-hybridized carbons (Fsp3) is 0.368. The van der Waals surface area contributed by atoms with Gasteiger partial charge in [0.2, 0.25) is 0 Å². The molecule has 2 aromatic carbocycles. The first kappa shape index (κ1) is 14.8. The fourth-order valence-electron chi connectivity index (χ4n) is 2.78. The van der Waals surface area contributed by atoms with Crippen LogP contribution >= 0.6 is 0 Å². The Labute approximate surface area is 122 Å². The molecular formula is C19H25N. The topological polar surface area (TPSA) is 26.0 Å². The molecule has 20 heavy (non-hydrogen) atoms. The van der Waals surface area contributed by atoms with E-state index in [4.69, 9.17) is 5.73 Å². The van der Waals surface area contributed by atoms with E-state index in [1.165, 1.54) is 11.1 Å². The summed E-state index contributed by atoms with van der Waals surface area (Å²) in [7, 11) is 0. The van der Waals surface area contributed by atoms with Crippen LogP contribution in [0, 0.1) is 5.92 Å². The predicted octanol–water partition coefficient (Wildman–Crippen LogP) is 4.22. The summed E-state index contributed by atoms with van der Waals surface area (Å²) in [5.74, 6) is 0.514. The van der Waals surface area contributed by atoms with Crippen LogP contribution in [-0.2, 0) is 12.8 Å². The highest BCUT2D eigenvalue weighted by molar-refractivity contribution is 5.19. The molecule has 1 nitrogen and oxygen atoms in total. The van der Waals surface area contributed by atoms with E-state index in [-0.39, 0.29) is 6.04 Å². The lowest BCUT2D eigenvalue weighted by molar-refractivity contribution is 0.392. The minimum Gasteiger partial charge on any atom is -0.327 e. The van der Waals surface area contributed by atoms with Gasteiger partial charge in [-0.2, -0.15) is 0 Å². The number of hydrogen-bond donors (Lipinski definition) is 1. The van der Waals surface area contributed by atoms with Gasteiger partial charge < -0.3 is 5.73 Å². The highest BCUT2D eigenvalue weighted by atomic mass is 14.6. The van der Waals surface area contributed by atoms with Crippen LogP contribution in [0.25, 0.3) is 0 Å². The Morgan fingerprint density at radius 3 is 1.65 bits per heavy atom. The summed E-state index contributed by atoms with van der Waals surface area (Å²) in [4.78, 5) is 0. The Bertz CT molecular complexity index is 436. The molecule has 1 heteroatoms. The normalized spacial score (nSPS) is 12.6. The van der Waals surface area contributed by atoms with Crippen LogP contribution in [0.3, 0.4) is 0 Å². The van der Waals surface area contributed by atoms with Gasteiger partial charge in [-0.3, -0.25) is 0 Å². The molecule has 0 heterocycles. The van der Waals surface area contributed by atoms with Crippen LogP contribution in [0.5, 0.6) is 0 Å². The summed E-state index contributed by atoms with van der Waals surface area (Å²) in [5, 5.41) is 0. The molecule has 1 unspecified atom stereocenters. The number of nitrogens with two attached hydrogens (primary N) is 1. The van der Waals surface area contributed by atoms with Crippen molar-refractivity contribution >= 4 is 0 Å². The standard InChI is InChI=1S/C19H25N/c1-2-9-19(20)18(14-16-10-5-3-6-11-16)15-17-12-7-4-8-13-17/h3-8,10-13,18-19H,2,9,14-15,20H2,1H3. The Morgan fingerprint density at radius 1 is 0.800 bits per heavy atom. The van der Waals surface area contributed by atoms with E-state index < -0.39 is 0 Å². The molecule has 2 aromatic rings. The summed E-state index contributed by atoms with van der Waals surface area (Å²) in [6.07, 6.45) is 4.39. The summed E-state index contributed by atoms with van der Waals surface area (Å²) < 4.78 is 0. The third kappa shape index (κ3) is 4.50. The number of hydrogen-bond acceptors (Lipinski definition) is 1. The van der Waals surface area contributed by atoms with Crippen LogP contribution in [0.4, 0.5) is 0 Å². The van der Waals surface area contributed by atoms with Crippen LogP contribution in [0.2, 0.25) is 0 Å². The highest BCUT2D eigenvalue weighted by Crippen LogP contribution is 2.19. The Balaban J connectivity index is 2.08. The molecule has 106 valence electrons. The largest absolute Gasteiger partial charge is 0.327 e. The van der Waals surface area contributed by atoms with Crippen LogP contribution in [0.1, 0.15) is 30.9 Å². The minimum absolute atomic E-state index is 0.278. The van der Waals surface area contributed by atoms with E-state index >= 15 is 0 Å². The third-order valence-corrected chi connectivity index (χ3v) is 3.91. The van der Waals surface area contributed by atoms with E-state index in [0.717, 1.165) is 25.7 Å². The third-order valence-electron chi connectivity index (χ3n) is 3.91. The first-order chi connectivity index (χ1) is 9.79. The monoisotopic (exact) mass is 267 g/mol. The van der Waals surface area contributed by atoms with Crippen molar-refractivity contribution < 1.29 is 0 Å². The molecule has 0 fully saturated rings. The van der Waals surface area contributed by atoms with Gasteiger partial charge in [0.05, 0.1) is 0 Å². The molecule has 0 saturated heterocycles.